The number of carbonyl (C=O) groups excluding carboxylic acids is 4. The monoisotopic (exact) mass is 800 g/mol. The molecule has 4 heterocycles. The van der Waals surface area contributed by atoms with Gasteiger partial charge in [0.1, 0.15) is 11.8 Å². The van der Waals surface area contributed by atoms with Crippen molar-refractivity contribution in [1.29, 1.82) is 0 Å². The van der Waals surface area contributed by atoms with E-state index in [9.17, 15) is 32.7 Å². The summed E-state index contributed by atoms with van der Waals surface area (Å²) in [6.07, 6.45) is 3.82. The van der Waals surface area contributed by atoms with Crippen LogP contribution in [0, 0.1) is 24.7 Å². The summed E-state index contributed by atoms with van der Waals surface area (Å²) in [6.45, 7) is 2.54. The summed E-state index contributed by atoms with van der Waals surface area (Å²) in [5, 5.41) is 15.9. The molecule has 4 aromatic rings. The minimum Gasteiger partial charge on any atom is -0.493 e. The summed E-state index contributed by atoms with van der Waals surface area (Å²) < 4.78 is 35.5. The van der Waals surface area contributed by atoms with E-state index >= 15 is 0 Å². The molecule has 0 spiro atoms. The number of rotatable bonds is 11. The van der Waals surface area contributed by atoms with E-state index in [1.165, 1.54) is 0 Å². The van der Waals surface area contributed by atoms with Crippen molar-refractivity contribution in [3.8, 4) is 28.7 Å². The molecule has 0 bridgehead atoms. The number of carbonyl (C=O) groups is 4. The van der Waals surface area contributed by atoms with Crippen molar-refractivity contribution < 1.29 is 37.4 Å². The predicted molar refractivity (Wildman–Crippen MR) is 216 cm³/mol. The van der Waals surface area contributed by atoms with E-state index < -0.39 is 45.7 Å². The number of ether oxygens (including phenoxy) is 1. The van der Waals surface area contributed by atoms with Crippen LogP contribution in [0.4, 0.5) is 5.69 Å². The van der Waals surface area contributed by atoms with Crippen LogP contribution in [0.2, 0.25) is 0 Å². The maximum absolute atomic E-state index is 14.0. The highest BCUT2D eigenvalue weighted by atomic mass is 32.2. The van der Waals surface area contributed by atoms with Gasteiger partial charge in [0.15, 0.2) is 0 Å². The van der Waals surface area contributed by atoms with Crippen LogP contribution in [0.15, 0.2) is 89.8 Å². The average molecular weight is 801 g/mol. The first-order valence-electron chi connectivity index (χ1n) is 19.7. The number of aliphatic hydroxyl groups is 1. The van der Waals surface area contributed by atoms with Gasteiger partial charge >= 0.3 is 0 Å². The van der Waals surface area contributed by atoms with Gasteiger partial charge in [0.2, 0.25) is 21.8 Å². The van der Waals surface area contributed by atoms with E-state index in [0.29, 0.717) is 38.2 Å². The van der Waals surface area contributed by atoms with Gasteiger partial charge in [-0.25, -0.2) is 8.42 Å². The van der Waals surface area contributed by atoms with Crippen LogP contribution in [-0.4, -0.2) is 78.2 Å². The molecule has 0 saturated carbocycles. The van der Waals surface area contributed by atoms with Crippen molar-refractivity contribution in [1.82, 2.24) is 14.5 Å². The van der Waals surface area contributed by atoms with Gasteiger partial charge in [-0.3, -0.25) is 29.4 Å². The molecule has 4 aromatic carbocycles. The summed E-state index contributed by atoms with van der Waals surface area (Å²) in [6, 6.07) is 24.1. The number of imide groups is 2. The Hall–Kier alpha value is -5.81. The number of fused-ring (bicyclic) bond motifs is 4. The third-order valence-electron chi connectivity index (χ3n) is 11.5. The highest BCUT2D eigenvalue weighted by Crippen LogP contribution is 2.49. The van der Waals surface area contributed by atoms with E-state index in [-0.39, 0.29) is 47.4 Å². The second-order valence-corrected chi connectivity index (χ2v) is 17.1. The largest absolute Gasteiger partial charge is 0.493 e. The molecule has 4 aliphatic heterocycles. The van der Waals surface area contributed by atoms with Gasteiger partial charge in [-0.05, 0) is 104 Å². The number of hydrogen-bond acceptors (Lipinski definition) is 9. The van der Waals surface area contributed by atoms with Crippen molar-refractivity contribution >= 4 is 39.3 Å². The second kappa shape index (κ2) is 16.2. The highest BCUT2D eigenvalue weighted by molar-refractivity contribution is 7.89. The zero-order valence-corrected chi connectivity index (χ0v) is 32.9. The molecule has 0 radical (unpaired) electrons. The summed E-state index contributed by atoms with van der Waals surface area (Å²) >= 11 is 0. The average Bonchev–Trinajstić information content (AvgIpc) is 3.79. The maximum atomic E-state index is 14.0. The number of aliphatic hydroxyl groups excluding tert-OH is 1. The molecule has 58 heavy (non-hydrogen) atoms. The van der Waals surface area contributed by atoms with Gasteiger partial charge in [0, 0.05) is 36.6 Å². The molecule has 0 aliphatic carbocycles. The minimum atomic E-state index is -3.78. The van der Waals surface area contributed by atoms with Crippen molar-refractivity contribution in [2.75, 3.05) is 25.1 Å². The number of benzene rings is 4. The van der Waals surface area contributed by atoms with Crippen LogP contribution >= 0.6 is 0 Å². The van der Waals surface area contributed by atoms with E-state index in [1.54, 1.807) is 34.6 Å². The fourth-order valence-electron chi connectivity index (χ4n) is 8.54. The molecular weight excluding hydrogens is 757 g/mol. The van der Waals surface area contributed by atoms with Crippen molar-refractivity contribution in [2.24, 2.45) is 5.92 Å². The van der Waals surface area contributed by atoms with Crippen molar-refractivity contribution in [3.63, 3.8) is 0 Å². The third kappa shape index (κ3) is 7.39. The molecule has 2 saturated heterocycles. The molecule has 1 unspecified atom stereocenters. The summed E-state index contributed by atoms with van der Waals surface area (Å²) in [5.41, 5.74) is 5.81. The Kier molecular flexibility index (Phi) is 10.9. The summed E-state index contributed by atoms with van der Waals surface area (Å²) in [7, 11) is -3.78. The molecule has 12 nitrogen and oxygen atoms in total. The molecule has 8 rings (SSSR count). The third-order valence-corrected chi connectivity index (χ3v) is 13.4. The van der Waals surface area contributed by atoms with Gasteiger partial charge in [0.25, 0.3) is 11.8 Å². The van der Waals surface area contributed by atoms with E-state index in [1.807, 2.05) is 55.5 Å². The molecule has 4 amide bonds. The van der Waals surface area contributed by atoms with Gasteiger partial charge < -0.3 is 15.2 Å². The molecule has 13 heteroatoms. The second-order valence-electron chi connectivity index (χ2n) is 15.2. The SMILES string of the molecule is Cc1ccc(S(=O)(=O)N2CC[C@@H]3[C@H](CO)Nc4ccc(-c5cccc(C#CCCCCCOc6cccc7c6C(=O)N(C6CCC(=O)NC6=O)C7=O)c5)cc4[C@@H]32)cc1. The van der Waals surface area contributed by atoms with Crippen LogP contribution in [0.1, 0.15) is 88.4 Å². The van der Waals surface area contributed by atoms with Crippen LogP contribution in [0.25, 0.3) is 11.1 Å². The number of piperidine rings is 1. The lowest BCUT2D eigenvalue weighted by Crippen LogP contribution is -2.54. The fourth-order valence-corrected chi connectivity index (χ4v) is 10.2. The Morgan fingerprint density at radius 2 is 1.67 bits per heavy atom. The fraction of sp³-hybridized carbons (Fsp3) is 0.333. The number of nitrogens with one attached hydrogen (secondary N) is 2. The normalized spacial score (nSPS) is 21.4. The molecular formula is C45H44N4O8S. The predicted octanol–water partition coefficient (Wildman–Crippen LogP) is 5.59. The number of sulfonamides is 1. The van der Waals surface area contributed by atoms with Gasteiger partial charge in [-0.2, -0.15) is 4.31 Å². The first-order chi connectivity index (χ1) is 28.0. The Morgan fingerprint density at radius 1 is 0.879 bits per heavy atom. The van der Waals surface area contributed by atoms with E-state index in [0.717, 1.165) is 51.2 Å². The minimum absolute atomic E-state index is 0.0534. The van der Waals surface area contributed by atoms with Gasteiger partial charge in [0.05, 0.1) is 41.3 Å². The lowest BCUT2D eigenvalue weighted by atomic mass is 9.82. The number of aryl methyl sites for hydroxylation is 1. The van der Waals surface area contributed by atoms with E-state index in [2.05, 4.69) is 28.5 Å². The van der Waals surface area contributed by atoms with Crippen LogP contribution in [-0.2, 0) is 19.6 Å². The van der Waals surface area contributed by atoms with Crippen LogP contribution in [0.5, 0.6) is 5.75 Å². The highest BCUT2D eigenvalue weighted by Gasteiger charge is 2.49. The van der Waals surface area contributed by atoms with Crippen molar-refractivity contribution in [3.05, 3.63) is 113 Å². The van der Waals surface area contributed by atoms with Crippen molar-refractivity contribution in [2.45, 2.75) is 74.9 Å². The molecule has 4 atom stereocenters. The number of unbranched alkanes of at least 4 members (excludes halogenated alkanes) is 3. The molecule has 0 aromatic heterocycles. The Labute approximate surface area is 337 Å². The first-order valence-corrected chi connectivity index (χ1v) is 21.2. The standard InChI is InChI=1S/C45H44N4O8S/c1-28-14-17-32(18-15-28)58(55,56)48-23-22-33-37(27-50)46-36-19-16-31(26-35(36)42(33)48)30-11-7-10-29(25-30)9-5-3-2-4-6-24-57-39-13-8-12-34-41(39)45(54)49(44(34)53)38-20-21-40(51)47-43(38)52/h7-8,10-19,25-26,33,37-38,42,46,50H,2-4,6,20-24,27H2,1H3,(H,47,51,52)/t33-,37+,38?,42-/m1/s1. The molecule has 2 fully saturated rings. The zero-order valence-electron chi connectivity index (χ0n) is 32.1. The lowest BCUT2D eigenvalue weighted by Gasteiger charge is -2.39. The molecule has 298 valence electrons. The summed E-state index contributed by atoms with van der Waals surface area (Å²) in [4.78, 5) is 51.6. The van der Waals surface area contributed by atoms with Gasteiger partial charge in [-0.15, -0.1) is 0 Å². The number of anilines is 1. The molecule has 3 N–H and O–H groups in total. The quantitative estimate of drug-likeness (QED) is 0.0998. The van der Waals surface area contributed by atoms with Gasteiger partial charge in [-0.1, -0.05) is 53.8 Å². The molecule has 4 aliphatic rings. The Morgan fingerprint density at radius 3 is 2.47 bits per heavy atom. The van der Waals surface area contributed by atoms with E-state index in [4.69, 9.17) is 4.74 Å². The summed E-state index contributed by atoms with van der Waals surface area (Å²) in [5.74, 6) is 4.52. The number of hydrogen-bond donors (Lipinski definition) is 3. The van der Waals surface area contributed by atoms with Crippen LogP contribution < -0.4 is 15.4 Å². The first kappa shape index (κ1) is 39.0. The maximum Gasteiger partial charge on any atom is 0.266 e. The topological polar surface area (TPSA) is 162 Å². The van der Waals surface area contributed by atoms with Crippen LogP contribution in [0.3, 0.4) is 0 Å². The smallest absolute Gasteiger partial charge is 0.266 e. The Balaban J connectivity index is 0.881. The number of amides is 4. The lowest BCUT2D eigenvalue weighted by molar-refractivity contribution is -0.136. The Bertz CT molecular complexity index is 2470. The zero-order chi connectivity index (χ0) is 40.6. The number of nitrogens with zero attached hydrogens (tertiary/aromatic N) is 2.